The van der Waals surface area contributed by atoms with Crippen LogP contribution in [-0.4, -0.2) is 55.0 Å². The van der Waals surface area contributed by atoms with E-state index in [0.717, 1.165) is 37.6 Å². The number of carbonyl (C=O) groups excluding carboxylic acids is 1. The van der Waals surface area contributed by atoms with Gasteiger partial charge >= 0.3 is 0 Å². The molecule has 0 saturated carbocycles. The molecule has 1 amide bonds. The Balaban J connectivity index is 1.71. The predicted molar refractivity (Wildman–Crippen MR) is 79.9 cm³/mol. The third kappa shape index (κ3) is 3.16. The van der Waals surface area contributed by atoms with Gasteiger partial charge in [0, 0.05) is 31.9 Å². The summed E-state index contributed by atoms with van der Waals surface area (Å²) in [6, 6.07) is 1.89. The van der Waals surface area contributed by atoms with Gasteiger partial charge in [0.1, 0.15) is 12.4 Å². The van der Waals surface area contributed by atoms with E-state index >= 15 is 0 Å². The monoisotopic (exact) mass is 303 g/mol. The van der Waals surface area contributed by atoms with Crippen LogP contribution in [0.4, 0.5) is 0 Å². The highest BCUT2D eigenvalue weighted by molar-refractivity contribution is 5.75. The summed E-state index contributed by atoms with van der Waals surface area (Å²) in [5.41, 5.74) is 5.29. The average molecular weight is 303 g/mol. The molecule has 0 radical (unpaired) electrons. The van der Waals surface area contributed by atoms with Crippen LogP contribution in [0.3, 0.4) is 0 Å². The fourth-order valence-corrected chi connectivity index (χ4v) is 3.04. The molecule has 8 nitrogen and oxygen atoms in total. The molecular weight excluding hydrogens is 282 g/mol. The van der Waals surface area contributed by atoms with Crippen molar-refractivity contribution in [3.05, 3.63) is 30.1 Å². The van der Waals surface area contributed by atoms with E-state index in [1.807, 2.05) is 28.6 Å². The summed E-state index contributed by atoms with van der Waals surface area (Å²) >= 11 is 0. The van der Waals surface area contributed by atoms with Crippen LogP contribution < -0.4 is 5.73 Å². The zero-order chi connectivity index (χ0) is 15.5. The number of carbonyl (C=O) groups is 1. The molecule has 1 atom stereocenters. The number of amides is 1. The largest absolute Gasteiger partial charge is 0.369 e. The Labute approximate surface area is 128 Å². The average Bonchev–Trinajstić information content (AvgIpc) is 3.10. The molecule has 8 heteroatoms. The van der Waals surface area contributed by atoms with E-state index < -0.39 is 0 Å². The van der Waals surface area contributed by atoms with E-state index in [4.69, 9.17) is 5.73 Å². The van der Waals surface area contributed by atoms with Crippen LogP contribution in [0.5, 0.6) is 0 Å². The van der Waals surface area contributed by atoms with Gasteiger partial charge in [-0.1, -0.05) is 0 Å². The minimum atomic E-state index is -0.280. The fourth-order valence-electron chi connectivity index (χ4n) is 3.04. The molecule has 1 saturated heterocycles. The normalized spacial score (nSPS) is 19.4. The highest BCUT2D eigenvalue weighted by Gasteiger charge is 2.26. The van der Waals surface area contributed by atoms with Gasteiger partial charge in [0.05, 0.1) is 6.54 Å². The van der Waals surface area contributed by atoms with Gasteiger partial charge in [0.25, 0.3) is 0 Å². The summed E-state index contributed by atoms with van der Waals surface area (Å²) in [6.07, 6.45) is 5.76. The smallest absolute Gasteiger partial charge is 0.231 e. The number of piperidine rings is 1. The zero-order valence-corrected chi connectivity index (χ0v) is 12.7. The summed E-state index contributed by atoms with van der Waals surface area (Å²) in [7, 11) is 1.99. The second-order valence-corrected chi connectivity index (χ2v) is 5.78. The van der Waals surface area contributed by atoms with Crippen molar-refractivity contribution in [2.75, 3.05) is 19.6 Å². The Morgan fingerprint density at radius 2 is 2.32 bits per heavy atom. The third-order valence-corrected chi connectivity index (χ3v) is 4.11. The van der Waals surface area contributed by atoms with Gasteiger partial charge in [-0.3, -0.25) is 14.4 Å². The maximum atomic E-state index is 11.1. The molecule has 0 bridgehead atoms. The number of primary amides is 1. The quantitative estimate of drug-likeness (QED) is 0.820. The number of hydrogen-bond donors (Lipinski definition) is 1. The van der Waals surface area contributed by atoms with Crippen molar-refractivity contribution in [3.63, 3.8) is 0 Å². The van der Waals surface area contributed by atoms with Crippen molar-refractivity contribution >= 4 is 5.91 Å². The number of rotatable bonds is 5. The summed E-state index contributed by atoms with van der Waals surface area (Å²) in [5.74, 6) is 1.86. The first kappa shape index (κ1) is 14.7. The Morgan fingerprint density at radius 3 is 3.05 bits per heavy atom. The molecule has 3 rings (SSSR count). The molecule has 1 aliphatic rings. The Morgan fingerprint density at radius 1 is 1.45 bits per heavy atom. The number of aromatic nitrogens is 5. The second kappa shape index (κ2) is 6.27. The lowest BCUT2D eigenvalue weighted by molar-refractivity contribution is -0.119. The maximum absolute atomic E-state index is 11.1. The molecule has 2 aromatic rings. The fraction of sp³-hybridized carbons (Fsp3) is 0.571. The van der Waals surface area contributed by atoms with Crippen molar-refractivity contribution in [2.24, 2.45) is 12.8 Å². The van der Waals surface area contributed by atoms with Crippen LogP contribution in [0.1, 0.15) is 30.4 Å². The van der Waals surface area contributed by atoms with Crippen molar-refractivity contribution in [1.82, 2.24) is 29.4 Å². The van der Waals surface area contributed by atoms with E-state index in [1.54, 1.807) is 6.20 Å². The minimum Gasteiger partial charge on any atom is -0.369 e. The lowest BCUT2D eigenvalue weighted by atomic mass is 9.97. The number of likely N-dealkylation sites (tertiary alicyclic amines) is 1. The topological polar surface area (TPSA) is 94.9 Å². The van der Waals surface area contributed by atoms with E-state index in [9.17, 15) is 4.79 Å². The van der Waals surface area contributed by atoms with Crippen molar-refractivity contribution in [1.29, 1.82) is 0 Å². The van der Waals surface area contributed by atoms with Gasteiger partial charge in [-0.15, -0.1) is 10.2 Å². The van der Waals surface area contributed by atoms with Crippen LogP contribution in [0, 0.1) is 0 Å². The standard InChI is InChI=1S/C14H21N7O/c1-19-13(10-21-7-3-5-16-21)17-18-14(19)11-4-2-6-20(8-11)9-12(15)22/h3,5,7,11H,2,4,6,8-10H2,1H3,(H2,15,22)/t11-/m1/s1. The van der Waals surface area contributed by atoms with Crippen LogP contribution >= 0.6 is 0 Å². The van der Waals surface area contributed by atoms with Crippen LogP contribution in [0.15, 0.2) is 18.5 Å². The van der Waals surface area contributed by atoms with E-state index in [-0.39, 0.29) is 11.8 Å². The third-order valence-electron chi connectivity index (χ3n) is 4.11. The minimum absolute atomic E-state index is 0.280. The van der Waals surface area contributed by atoms with Crippen molar-refractivity contribution < 1.29 is 4.79 Å². The van der Waals surface area contributed by atoms with Gasteiger partial charge in [0.2, 0.25) is 5.91 Å². The van der Waals surface area contributed by atoms with Crippen molar-refractivity contribution in [2.45, 2.75) is 25.3 Å². The van der Waals surface area contributed by atoms with Gasteiger partial charge in [-0.25, -0.2) is 0 Å². The molecule has 1 fully saturated rings. The Bertz CT molecular complexity index is 634. The zero-order valence-electron chi connectivity index (χ0n) is 12.7. The van der Waals surface area contributed by atoms with Crippen LogP contribution in [0.2, 0.25) is 0 Å². The van der Waals surface area contributed by atoms with Crippen LogP contribution in [0.25, 0.3) is 0 Å². The summed E-state index contributed by atoms with van der Waals surface area (Å²) < 4.78 is 3.87. The number of nitrogens with two attached hydrogens (primary N) is 1. The number of hydrogen-bond acceptors (Lipinski definition) is 5. The predicted octanol–water partition coefficient (Wildman–Crippen LogP) is -0.275. The number of nitrogens with zero attached hydrogens (tertiary/aromatic N) is 6. The summed E-state index contributed by atoms with van der Waals surface area (Å²) in [4.78, 5) is 13.2. The Hall–Kier alpha value is -2.22. The van der Waals surface area contributed by atoms with Crippen LogP contribution in [-0.2, 0) is 18.4 Å². The van der Waals surface area contributed by atoms with E-state index in [0.29, 0.717) is 13.1 Å². The molecular formula is C14H21N7O. The van der Waals surface area contributed by atoms with Gasteiger partial charge < -0.3 is 10.3 Å². The van der Waals surface area contributed by atoms with E-state index in [2.05, 4.69) is 20.2 Å². The SMILES string of the molecule is Cn1c(Cn2cccn2)nnc1[C@@H]1CCCN(CC(N)=O)C1. The van der Waals surface area contributed by atoms with Crippen molar-refractivity contribution in [3.8, 4) is 0 Å². The van der Waals surface area contributed by atoms with E-state index in [1.165, 1.54) is 0 Å². The molecule has 2 N–H and O–H groups in total. The summed E-state index contributed by atoms with van der Waals surface area (Å²) in [6.45, 7) is 2.64. The highest BCUT2D eigenvalue weighted by atomic mass is 16.1. The maximum Gasteiger partial charge on any atom is 0.231 e. The molecule has 1 aliphatic heterocycles. The summed E-state index contributed by atoms with van der Waals surface area (Å²) in [5, 5.41) is 12.9. The molecule has 3 heterocycles. The highest BCUT2D eigenvalue weighted by Crippen LogP contribution is 2.25. The molecule has 22 heavy (non-hydrogen) atoms. The lowest BCUT2D eigenvalue weighted by Crippen LogP contribution is -2.40. The van der Waals surface area contributed by atoms with Gasteiger partial charge in [-0.2, -0.15) is 5.10 Å². The first-order valence-corrected chi connectivity index (χ1v) is 7.49. The van der Waals surface area contributed by atoms with Gasteiger partial charge in [-0.05, 0) is 25.5 Å². The molecule has 118 valence electrons. The molecule has 0 spiro atoms. The molecule has 0 aromatic carbocycles. The Kier molecular flexibility index (Phi) is 4.19. The lowest BCUT2D eigenvalue weighted by Gasteiger charge is -2.31. The first-order valence-electron chi connectivity index (χ1n) is 7.49. The first-order chi connectivity index (χ1) is 10.6. The second-order valence-electron chi connectivity index (χ2n) is 5.78. The molecule has 2 aromatic heterocycles. The molecule has 0 unspecified atom stereocenters. The molecule has 0 aliphatic carbocycles. The van der Waals surface area contributed by atoms with Gasteiger partial charge in [0.15, 0.2) is 5.82 Å².